The van der Waals surface area contributed by atoms with Crippen LogP contribution in [0.2, 0.25) is 0 Å². The van der Waals surface area contributed by atoms with Crippen molar-refractivity contribution >= 4 is 27.5 Å². The normalized spacial score (nSPS) is 19.4. The summed E-state index contributed by atoms with van der Waals surface area (Å²) in [5.74, 6) is 0. The predicted molar refractivity (Wildman–Crippen MR) is 112 cm³/mol. The highest BCUT2D eigenvalue weighted by molar-refractivity contribution is 7.99. The molecule has 28 heavy (non-hydrogen) atoms. The van der Waals surface area contributed by atoms with E-state index in [1.54, 1.807) is 23.9 Å². The Bertz CT molecular complexity index is 1010. The zero-order valence-electron chi connectivity index (χ0n) is 15.8. The van der Waals surface area contributed by atoms with E-state index in [-0.39, 0.29) is 4.90 Å². The van der Waals surface area contributed by atoms with Crippen LogP contribution in [-0.4, -0.2) is 62.5 Å². The average Bonchev–Trinajstić information content (AvgIpc) is 2.68. The van der Waals surface area contributed by atoms with Gasteiger partial charge in [0, 0.05) is 42.5 Å². The van der Waals surface area contributed by atoms with Crippen LogP contribution >= 0.6 is 11.8 Å². The van der Waals surface area contributed by atoms with Crippen LogP contribution in [0, 0.1) is 0 Å². The Hall–Kier alpha value is -1.64. The van der Waals surface area contributed by atoms with Crippen LogP contribution in [0.15, 0.2) is 63.2 Å². The molecule has 1 N–H and O–H groups in total. The highest BCUT2D eigenvalue weighted by Crippen LogP contribution is 2.46. The summed E-state index contributed by atoms with van der Waals surface area (Å²) in [4.78, 5) is 6.93. The molecule has 0 atom stereocenters. The van der Waals surface area contributed by atoms with Gasteiger partial charge in [0.05, 0.1) is 4.90 Å². The van der Waals surface area contributed by atoms with Crippen molar-refractivity contribution < 1.29 is 13.0 Å². The summed E-state index contributed by atoms with van der Waals surface area (Å²) in [6.07, 6.45) is 3.11. The van der Waals surface area contributed by atoms with E-state index in [0.29, 0.717) is 0 Å². The Morgan fingerprint density at radius 3 is 2.50 bits per heavy atom. The molecule has 7 heteroatoms. The molecule has 148 valence electrons. The van der Waals surface area contributed by atoms with Crippen LogP contribution in [0.5, 0.6) is 0 Å². The molecule has 0 saturated carbocycles. The van der Waals surface area contributed by atoms with E-state index >= 15 is 0 Å². The zero-order chi connectivity index (χ0) is 19.7. The van der Waals surface area contributed by atoms with E-state index < -0.39 is 10.1 Å². The molecular weight excluding hydrogens is 392 g/mol. The van der Waals surface area contributed by atoms with E-state index in [9.17, 15) is 13.0 Å². The molecule has 0 spiro atoms. The van der Waals surface area contributed by atoms with Crippen molar-refractivity contribution in [3.63, 3.8) is 0 Å². The lowest BCUT2D eigenvalue weighted by molar-refractivity contribution is 0.156. The maximum atomic E-state index is 11.6. The average molecular weight is 417 g/mol. The molecule has 0 amide bonds. The molecule has 0 unspecified atom stereocenters. The van der Waals surface area contributed by atoms with E-state index in [2.05, 4.69) is 35.1 Å². The lowest BCUT2D eigenvalue weighted by atomic mass is 9.96. The van der Waals surface area contributed by atoms with Crippen molar-refractivity contribution in [2.45, 2.75) is 21.1 Å². The third kappa shape index (κ3) is 4.18. The van der Waals surface area contributed by atoms with Crippen LogP contribution in [0.25, 0.3) is 5.57 Å². The summed E-state index contributed by atoms with van der Waals surface area (Å²) < 4.78 is 32.7. The molecule has 1 fully saturated rings. The summed E-state index contributed by atoms with van der Waals surface area (Å²) in [6.45, 7) is 5.33. The third-order valence-electron chi connectivity index (χ3n) is 5.33. The number of hydrogen-bond donors (Lipinski definition) is 1. The number of hydrogen-bond acceptors (Lipinski definition) is 5. The van der Waals surface area contributed by atoms with Crippen LogP contribution in [-0.2, 0) is 10.1 Å². The van der Waals surface area contributed by atoms with Crippen LogP contribution in [0.4, 0.5) is 0 Å². The van der Waals surface area contributed by atoms with Gasteiger partial charge in [0.15, 0.2) is 0 Å². The van der Waals surface area contributed by atoms with E-state index in [4.69, 9.17) is 0 Å². The molecule has 0 aliphatic carbocycles. The number of benzene rings is 2. The van der Waals surface area contributed by atoms with Gasteiger partial charge in [-0.15, -0.1) is 0 Å². The summed E-state index contributed by atoms with van der Waals surface area (Å²) in [5.41, 5.74) is 3.03. The van der Waals surface area contributed by atoms with Gasteiger partial charge < -0.3 is 9.80 Å². The number of likely N-dealkylation sites (N-methyl/N-ethyl adjacent to an activating group) is 1. The summed E-state index contributed by atoms with van der Waals surface area (Å²) in [6, 6.07) is 13.0. The first-order chi connectivity index (χ1) is 13.4. The number of nitrogens with zero attached hydrogens (tertiary/aromatic N) is 2. The molecule has 2 aromatic carbocycles. The quantitative estimate of drug-likeness (QED) is 0.657. The van der Waals surface area contributed by atoms with Crippen molar-refractivity contribution in [1.82, 2.24) is 9.80 Å². The summed E-state index contributed by atoms with van der Waals surface area (Å²) >= 11 is 1.63. The van der Waals surface area contributed by atoms with Gasteiger partial charge >= 0.3 is 0 Å². The highest BCUT2D eigenvalue weighted by atomic mass is 32.2. The molecule has 2 aliphatic rings. The summed E-state index contributed by atoms with van der Waals surface area (Å²) in [7, 11) is -2.08. The lowest BCUT2D eigenvalue weighted by Gasteiger charge is -2.32. The second-order valence-corrected chi connectivity index (χ2v) is 9.79. The molecule has 1 saturated heterocycles. The van der Waals surface area contributed by atoms with E-state index in [1.807, 2.05) is 12.1 Å². The van der Waals surface area contributed by atoms with Gasteiger partial charge in [-0.1, -0.05) is 36.0 Å². The molecule has 0 bridgehead atoms. The van der Waals surface area contributed by atoms with Crippen molar-refractivity contribution in [2.24, 2.45) is 0 Å². The predicted octanol–water partition coefficient (Wildman–Crippen LogP) is 3.47. The van der Waals surface area contributed by atoms with Crippen LogP contribution < -0.4 is 0 Å². The van der Waals surface area contributed by atoms with Gasteiger partial charge in [0.25, 0.3) is 10.1 Å². The van der Waals surface area contributed by atoms with Gasteiger partial charge in [-0.3, -0.25) is 4.55 Å². The summed E-state index contributed by atoms with van der Waals surface area (Å²) in [5, 5.41) is 0. The Morgan fingerprint density at radius 1 is 1.04 bits per heavy atom. The fourth-order valence-corrected chi connectivity index (χ4v) is 5.29. The van der Waals surface area contributed by atoms with Crippen molar-refractivity contribution in [2.75, 3.05) is 39.8 Å². The molecular formula is C21H24N2O3S2. The maximum Gasteiger partial charge on any atom is 0.294 e. The monoisotopic (exact) mass is 416 g/mol. The molecule has 2 heterocycles. The van der Waals surface area contributed by atoms with Crippen molar-refractivity contribution in [3.8, 4) is 0 Å². The topological polar surface area (TPSA) is 60.9 Å². The fourth-order valence-electron chi connectivity index (χ4n) is 3.69. The van der Waals surface area contributed by atoms with Gasteiger partial charge in [-0.25, -0.2) is 0 Å². The lowest BCUT2D eigenvalue weighted by Crippen LogP contribution is -2.44. The van der Waals surface area contributed by atoms with Gasteiger partial charge in [0.2, 0.25) is 0 Å². The Labute approximate surface area is 170 Å². The van der Waals surface area contributed by atoms with Gasteiger partial charge in [-0.05, 0) is 54.4 Å². The van der Waals surface area contributed by atoms with Crippen molar-refractivity contribution in [3.05, 3.63) is 59.7 Å². The Balaban J connectivity index is 1.65. The maximum absolute atomic E-state index is 11.6. The fraction of sp³-hybridized carbons (Fsp3) is 0.333. The standard InChI is InChI=1S/C21H24N2O3S2/c1-22-11-13-23(14-12-22)10-4-6-17-18-5-2-3-7-20(18)27-21-9-8-16(15-19(17)21)28(24,25)26/h2-3,5-9,15H,4,10-14H2,1H3,(H,24,25,26)/b17-6-. The van der Waals surface area contributed by atoms with Gasteiger partial charge in [-0.2, -0.15) is 8.42 Å². The molecule has 2 aliphatic heterocycles. The molecule has 0 aromatic heterocycles. The Kier molecular flexibility index (Phi) is 5.62. The van der Waals surface area contributed by atoms with Gasteiger partial charge in [0.1, 0.15) is 0 Å². The minimum atomic E-state index is -4.23. The number of piperazine rings is 1. The first-order valence-corrected chi connectivity index (χ1v) is 11.7. The van der Waals surface area contributed by atoms with E-state index in [1.165, 1.54) is 11.0 Å². The number of rotatable bonds is 4. The third-order valence-corrected chi connectivity index (χ3v) is 7.33. The minimum Gasteiger partial charge on any atom is -0.304 e. The molecule has 5 nitrogen and oxygen atoms in total. The molecule has 2 aromatic rings. The highest BCUT2D eigenvalue weighted by Gasteiger charge is 2.23. The smallest absolute Gasteiger partial charge is 0.294 e. The zero-order valence-corrected chi connectivity index (χ0v) is 17.5. The second kappa shape index (κ2) is 8.00. The Morgan fingerprint density at radius 2 is 1.75 bits per heavy atom. The molecule has 0 radical (unpaired) electrons. The largest absolute Gasteiger partial charge is 0.304 e. The van der Waals surface area contributed by atoms with Crippen molar-refractivity contribution in [1.29, 1.82) is 0 Å². The van der Waals surface area contributed by atoms with E-state index in [0.717, 1.165) is 60.7 Å². The first kappa shape index (κ1) is 19.7. The van der Waals surface area contributed by atoms with Crippen LogP contribution in [0.1, 0.15) is 17.5 Å². The minimum absolute atomic E-state index is 0.0591. The second-order valence-electron chi connectivity index (χ2n) is 7.28. The SMILES string of the molecule is CN1CCN(CC/C=C2/c3ccccc3Sc3ccc(S(=O)(=O)O)cc32)CC1. The first-order valence-electron chi connectivity index (χ1n) is 9.42. The molecule has 4 rings (SSSR count). The van der Waals surface area contributed by atoms with Crippen LogP contribution in [0.3, 0.4) is 0 Å². The number of fused-ring (bicyclic) bond motifs is 2.